The number of hydrogen-bond donors (Lipinski definition) is 3. The van der Waals surface area contributed by atoms with Crippen LogP contribution in [0.1, 0.15) is 19.4 Å². The number of H-pyrrole nitrogens is 1. The minimum absolute atomic E-state index is 0.0874. The summed E-state index contributed by atoms with van der Waals surface area (Å²) in [7, 11) is 0. The summed E-state index contributed by atoms with van der Waals surface area (Å²) in [5.41, 5.74) is 6.71. The summed E-state index contributed by atoms with van der Waals surface area (Å²) in [5.74, 6) is 0.214. The van der Waals surface area contributed by atoms with E-state index in [9.17, 15) is 14.8 Å². The van der Waals surface area contributed by atoms with E-state index in [2.05, 4.69) is 20.2 Å². The van der Waals surface area contributed by atoms with E-state index in [1.807, 2.05) is 66.8 Å². The SMILES string of the molecule is CC1=NC(C)=C(C(=O)N[C@@H](Cc2c[nH]c3ccccc23)C(=O)N2CCN(c3ccc(N[O-])cc3)CC2)CS1. The lowest BCUT2D eigenvalue weighted by molar-refractivity contribution is -0.136. The minimum atomic E-state index is -0.701. The van der Waals surface area contributed by atoms with Crippen molar-refractivity contribution in [3.8, 4) is 0 Å². The Morgan fingerprint density at radius 3 is 2.53 bits per heavy atom. The summed E-state index contributed by atoms with van der Waals surface area (Å²) < 4.78 is 0. The van der Waals surface area contributed by atoms with Crippen LogP contribution in [0.3, 0.4) is 0 Å². The molecule has 0 radical (unpaired) electrons. The molecule has 0 unspecified atom stereocenters. The van der Waals surface area contributed by atoms with Crippen LogP contribution in [-0.4, -0.2) is 64.7 Å². The summed E-state index contributed by atoms with van der Waals surface area (Å²) in [6, 6.07) is 14.6. The van der Waals surface area contributed by atoms with Gasteiger partial charge >= 0.3 is 0 Å². The highest BCUT2D eigenvalue weighted by Gasteiger charge is 2.31. The van der Waals surface area contributed by atoms with Gasteiger partial charge < -0.3 is 30.8 Å². The number of benzene rings is 2. The van der Waals surface area contributed by atoms with Gasteiger partial charge in [-0.15, -0.1) is 11.8 Å². The highest BCUT2D eigenvalue weighted by molar-refractivity contribution is 8.14. The summed E-state index contributed by atoms with van der Waals surface area (Å²) in [6.07, 6.45) is 2.31. The maximum atomic E-state index is 13.8. The first-order valence-electron chi connectivity index (χ1n) is 12.7. The summed E-state index contributed by atoms with van der Waals surface area (Å²) in [4.78, 5) is 38.9. The van der Waals surface area contributed by atoms with Gasteiger partial charge in [-0.3, -0.25) is 14.6 Å². The van der Waals surface area contributed by atoms with Gasteiger partial charge in [-0.1, -0.05) is 18.2 Å². The highest BCUT2D eigenvalue weighted by Crippen LogP contribution is 2.24. The zero-order valence-corrected chi connectivity index (χ0v) is 22.3. The van der Waals surface area contributed by atoms with E-state index in [0.717, 1.165) is 27.2 Å². The molecular weight excluding hydrogens is 500 g/mol. The first kappa shape index (κ1) is 25.9. The van der Waals surface area contributed by atoms with Gasteiger partial charge in [0.2, 0.25) is 5.91 Å². The van der Waals surface area contributed by atoms with Gasteiger partial charge in [-0.05, 0) is 49.7 Å². The number of carbonyl (C=O) groups excluding carboxylic acids is 2. The van der Waals surface area contributed by atoms with Gasteiger partial charge in [0.15, 0.2) is 0 Å². The van der Waals surface area contributed by atoms with E-state index in [1.54, 1.807) is 12.1 Å². The highest BCUT2D eigenvalue weighted by atomic mass is 32.2. The van der Waals surface area contributed by atoms with Gasteiger partial charge in [-0.25, -0.2) is 0 Å². The molecule has 10 heteroatoms. The van der Waals surface area contributed by atoms with E-state index >= 15 is 0 Å². The van der Waals surface area contributed by atoms with Crippen molar-refractivity contribution in [3.05, 3.63) is 76.8 Å². The monoisotopic (exact) mass is 531 g/mol. The lowest BCUT2D eigenvalue weighted by atomic mass is 10.0. The smallest absolute Gasteiger partial charge is 0.250 e. The van der Waals surface area contributed by atoms with Crippen molar-refractivity contribution in [1.82, 2.24) is 15.2 Å². The zero-order valence-electron chi connectivity index (χ0n) is 21.5. The number of aromatic nitrogens is 1. The molecule has 5 rings (SSSR count). The van der Waals surface area contributed by atoms with Crippen molar-refractivity contribution in [2.75, 3.05) is 42.3 Å². The van der Waals surface area contributed by atoms with E-state index in [4.69, 9.17) is 0 Å². The molecule has 3 heterocycles. The molecule has 0 spiro atoms. The third-order valence-electron chi connectivity index (χ3n) is 7.11. The average molecular weight is 532 g/mol. The first-order valence-corrected chi connectivity index (χ1v) is 13.7. The van der Waals surface area contributed by atoms with E-state index in [0.29, 0.717) is 55.3 Å². The largest absolute Gasteiger partial charge is 0.761 e. The topological polar surface area (TPSA) is 116 Å². The van der Waals surface area contributed by atoms with E-state index in [-0.39, 0.29) is 11.8 Å². The molecule has 9 nitrogen and oxygen atoms in total. The number of allylic oxidation sites excluding steroid dienone is 1. The van der Waals surface area contributed by atoms with Crippen LogP contribution in [0, 0.1) is 5.21 Å². The molecule has 0 bridgehead atoms. The molecule has 2 aromatic carbocycles. The second-order valence-electron chi connectivity index (χ2n) is 9.53. The third-order valence-corrected chi connectivity index (χ3v) is 8.05. The van der Waals surface area contributed by atoms with Gasteiger partial charge in [0.1, 0.15) is 6.04 Å². The number of rotatable bonds is 7. The Balaban J connectivity index is 1.33. The number of para-hydroxylation sites is 1. The molecule has 3 N–H and O–H groups in total. The maximum Gasteiger partial charge on any atom is 0.250 e. The number of fused-ring (bicyclic) bond motifs is 1. The van der Waals surface area contributed by atoms with Crippen LogP contribution in [0.2, 0.25) is 0 Å². The van der Waals surface area contributed by atoms with Gasteiger partial charge in [0.25, 0.3) is 5.91 Å². The Morgan fingerprint density at radius 2 is 1.82 bits per heavy atom. The number of aromatic amines is 1. The molecule has 1 fully saturated rings. The number of anilines is 2. The quantitative estimate of drug-likeness (QED) is 0.399. The maximum absolute atomic E-state index is 13.8. The van der Waals surface area contributed by atoms with Crippen molar-refractivity contribution >= 4 is 50.9 Å². The fourth-order valence-corrected chi connectivity index (χ4v) is 5.85. The molecule has 1 atom stereocenters. The second-order valence-corrected chi connectivity index (χ2v) is 10.7. The number of aliphatic imine (C=N–C) groups is 1. The van der Waals surface area contributed by atoms with Crippen molar-refractivity contribution in [2.45, 2.75) is 26.3 Å². The minimum Gasteiger partial charge on any atom is -0.761 e. The van der Waals surface area contributed by atoms with Crippen LogP contribution < -0.4 is 15.7 Å². The van der Waals surface area contributed by atoms with E-state index < -0.39 is 6.04 Å². The first-order chi connectivity index (χ1) is 18.4. The van der Waals surface area contributed by atoms with Gasteiger partial charge in [-0.2, -0.15) is 0 Å². The molecule has 2 aliphatic heterocycles. The summed E-state index contributed by atoms with van der Waals surface area (Å²) in [6.45, 7) is 6.19. The Labute approximate surface area is 225 Å². The molecule has 0 aliphatic carbocycles. The molecule has 2 amide bonds. The van der Waals surface area contributed by atoms with Crippen molar-refractivity contribution in [3.63, 3.8) is 0 Å². The summed E-state index contributed by atoms with van der Waals surface area (Å²) in [5, 5.41) is 15.9. The van der Waals surface area contributed by atoms with Crippen LogP contribution >= 0.6 is 11.8 Å². The summed E-state index contributed by atoms with van der Waals surface area (Å²) >= 11 is 1.53. The number of hydrogen-bond acceptors (Lipinski definition) is 7. The fraction of sp³-hybridized carbons (Fsp3) is 0.321. The molecule has 3 aromatic rings. The average Bonchev–Trinajstić information content (AvgIpc) is 3.35. The van der Waals surface area contributed by atoms with Crippen LogP contribution in [0.25, 0.3) is 10.9 Å². The molecule has 38 heavy (non-hydrogen) atoms. The lowest BCUT2D eigenvalue weighted by Gasteiger charge is -2.38. The zero-order chi connectivity index (χ0) is 26.6. The predicted octanol–water partition coefficient (Wildman–Crippen LogP) is 3.89. The second kappa shape index (κ2) is 11.3. The van der Waals surface area contributed by atoms with Crippen LogP contribution in [0.4, 0.5) is 11.4 Å². The molecular formula is C28H31N6O3S-. The standard InChI is InChI=1S/C28H31N6O3S/c1-18-24(17-38-19(2)30-18)27(35)31-26(15-20-16-29-25-6-4-3-5-23(20)25)28(36)34-13-11-33(12-14-34)22-9-7-21(32-37)8-10-22/h3-10,16,26,29,32H,11-15,17H2,1-2H3,(H,31,35)/q-1/t26-/m0/s1. The predicted molar refractivity (Wildman–Crippen MR) is 154 cm³/mol. The molecule has 0 saturated carbocycles. The van der Waals surface area contributed by atoms with Crippen LogP contribution in [0.5, 0.6) is 0 Å². The number of thioether (sulfide) groups is 1. The number of nitrogens with one attached hydrogen (secondary N) is 3. The van der Waals surface area contributed by atoms with Crippen LogP contribution in [0.15, 0.2) is 71.0 Å². The molecule has 1 aromatic heterocycles. The Morgan fingerprint density at radius 1 is 1.08 bits per heavy atom. The molecule has 1 saturated heterocycles. The fourth-order valence-electron chi connectivity index (χ4n) is 4.96. The van der Waals surface area contributed by atoms with Crippen molar-refractivity contribution < 1.29 is 9.59 Å². The third kappa shape index (κ3) is 5.56. The lowest BCUT2D eigenvalue weighted by Crippen LogP contribution is -2.56. The molecule has 2 aliphatic rings. The van der Waals surface area contributed by atoms with Crippen molar-refractivity contribution in [2.24, 2.45) is 4.99 Å². The van der Waals surface area contributed by atoms with Gasteiger partial charge in [0, 0.05) is 78.1 Å². The number of piperazine rings is 1. The Hall–Kier alpha value is -3.76. The molecule has 198 valence electrons. The normalized spacial score (nSPS) is 16.9. The Kier molecular flexibility index (Phi) is 7.71. The van der Waals surface area contributed by atoms with E-state index in [1.165, 1.54) is 11.8 Å². The number of carbonyl (C=O) groups is 2. The van der Waals surface area contributed by atoms with Crippen molar-refractivity contribution in [1.29, 1.82) is 0 Å². The number of nitrogens with zero attached hydrogens (tertiary/aromatic N) is 3. The number of amides is 2. The van der Waals surface area contributed by atoms with Crippen LogP contribution in [-0.2, 0) is 16.0 Å². The Bertz CT molecular complexity index is 1390. The van der Waals surface area contributed by atoms with Gasteiger partial charge in [0.05, 0.1) is 5.04 Å².